The second kappa shape index (κ2) is 15.8. The Labute approximate surface area is 276 Å². The van der Waals surface area contributed by atoms with E-state index >= 15 is 0 Å². The van der Waals surface area contributed by atoms with Crippen LogP contribution in [0, 0.1) is 0 Å². The van der Waals surface area contributed by atoms with E-state index in [2.05, 4.69) is 0 Å². The van der Waals surface area contributed by atoms with Crippen LogP contribution in [-0.4, -0.2) is 61.9 Å². The average molecular weight is 672 g/mol. The summed E-state index contributed by atoms with van der Waals surface area (Å²) in [7, 11) is -3.81. The second-order valence-electron chi connectivity index (χ2n) is 12.4. The fraction of sp³-hybridized carbons (Fsp3) is 0.429. The van der Waals surface area contributed by atoms with Crippen LogP contribution in [-0.2, 0) is 30.5 Å². The van der Waals surface area contributed by atoms with Crippen molar-refractivity contribution in [2.45, 2.75) is 86.9 Å². The zero-order valence-corrected chi connectivity index (χ0v) is 28.1. The molecule has 0 heterocycles. The van der Waals surface area contributed by atoms with Gasteiger partial charge in [-0.25, -0.2) is 18.0 Å². The van der Waals surface area contributed by atoms with Crippen molar-refractivity contribution in [2.24, 2.45) is 0 Å². The normalized spacial score (nSPS) is 14.7. The molecule has 0 aliphatic heterocycles. The lowest BCUT2D eigenvalue weighted by atomic mass is 9.98. The van der Waals surface area contributed by atoms with Crippen LogP contribution in [0.15, 0.2) is 82.6 Å². The number of carbonyl (C=O) groups is 2. The van der Waals surface area contributed by atoms with Gasteiger partial charge in [-0.1, -0.05) is 42.3 Å². The Kier molecular flexibility index (Phi) is 12.1. The van der Waals surface area contributed by atoms with Gasteiger partial charge in [0.2, 0.25) is 9.84 Å². The monoisotopic (exact) mass is 671 g/mol. The highest BCUT2D eigenvalue weighted by Crippen LogP contribution is 2.25. The Hall–Kier alpha value is -3.60. The van der Waals surface area contributed by atoms with Gasteiger partial charge in [0.1, 0.15) is 17.5 Å². The maximum atomic E-state index is 13.3. The molecule has 1 saturated carbocycles. The Morgan fingerprint density at radius 1 is 0.957 bits per heavy atom. The summed E-state index contributed by atoms with van der Waals surface area (Å²) in [5.41, 5.74) is 0.651. The smallest absolute Gasteiger partial charge is 0.410 e. The van der Waals surface area contributed by atoms with Crippen molar-refractivity contribution >= 4 is 33.5 Å². The van der Waals surface area contributed by atoms with Gasteiger partial charge in [-0.15, -0.1) is 0 Å². The summed E-state index contributed by atoms with van der Waals surface area (Å²) in [5.74, 6) is -0.0693. The number of aliphatic hydroxyl groups is 1. The Balaban J connectivity index is 1.35. The minimum absolute atomic E-state index is 0.0108. The summed E-state index contributed by atoms with van der Waals surface area (Å²) in [6.45, 7) is 5.28. The van der Waals surface area contributed by atoms with Crippen molar-refractivity contribution < 1.29 is 37.3 Å². The van der Waals surface area contributed by atoms with E-state index in [0.717, 1.165) is 37.7 Å². The molecule has 0 saturated heterocycles. The minimum atomic E-state index is -3.81. The average Bonchev–Trinajstić information content (AvgIpc) is 3.02. The van der Waals surface area contributed by atoms with E-state index < -0.39 is 33.6 Å². The maximum Gasteiger partial charge on any atom is 0.410 e. The molecule has 1 fully saturated rings. The van der Waals surface area contributed by atoms with Gasteiger partial charge in [-0.2, -0.15) is 0 Å². The van der Waals surface area contributed by atoms with Gasteiger partial charge in [0.15, 0.2) is 6.61 Å². The lowest BCUT2D eigenvalue weighted by Gasteiger charge is -2.29. The molecule has 0 radical (unpaired) electrons. The van der Waals surface area contributed by atoms with E-state index in [1.807, 2.05) is 0 Å². The molecule has 0 bridgehead atoms. The number of benzene rings is 3. The van der Waals surface area contributed by atoms with Gasteiger partial charge in [0.05, 0.1) is 22.4 Å². The highest BCUT2D eigenvalue weighted by atomic mass is 35.5. The number of rotatable bonds is 12. The highest BCUT2D eigenvalue weighted by molar-refractivity contribution is 7.91. The number of ether oxygens (including phenoxy) is 3. The number of carbonyl (C=O) groups excluding carboxylic acids is 2. The minimum Gasteiger partial charge on any atom is -0.482 e. The van der Waals surface area contributed by atoms with Crippen molar-refractivity contribution in [3.63, 3.8) is 0 Å². The quantitative estimate of drug-likeness (QED) is 0.206. The van der Waals surface area contributed by atoms with Crippen molar-refractivity contribution in [3.8, 4) is 5.75 Å². The second-order valence-corrected chi connectivity index (χ2v) is 14.8. The van der Waals surface area contributed by atoms with E-state index in [0.29, 0.717) is 22.8 Å². The van der Waals surface area contributed by atoms with Gasteiger partial charge >= 0.3 is 12.1 Å². The molecule has 0 unspecified atom stereocenters. The predicted molar refractivity (Wildman–Crippen MR) is 175 cm³/mol. The summed E-state index contributed by atoms with van der Waals surface area (Å²) >= 11 is 6.08. The number of halogens is 1. The van der Waals surface area contributed by atoms with Crippen LogP contribution < -0.4 is 4.74 Å². The summed E-state index contributed by atoms with van der Waals surface area (Å²) in [6, 6.07) is 19.2. The van der Waals surface area contributed by atoms with Crippen LogP contribution in [0.1, 0.15) is 70.1 Å². The topological polar surface area (TPSA) is 119 Å². The molecular formula is C35H42ClNO8S. The van der Waals surface area contributed by atoms with Crippen molar-refractivity contribution in [1.82, 2.24) is 4.90 Å². The van der Waals surface area contributed by atoms with Crippen LogP contribution >= 0.6 is 11.6 Å². The first kappa shape index (κ1) is 35.3. The van der Waals surface area contributed by atoms with Crippen LogP contribution in [0.3, 0.4) is 0 Å². The van der Waals surface area contributed by atoms with Crippen molar-refractivity contribution in [3.05, 3.63) is 88.9 Å². The summed E-state index contributed by atoms with van der Waals surface area (Å²) in [6.07, 6.45) is 3.82. The third kappa shape index (κ3) is 10.5. The van der Waals surface area contributed by atoms with Crippen LogP contribution in [0.25, 0.3) is 0 Å². The molecule has 1 aliphatic carbocycles. The Bertz CT molecular complexity index is 1560. The van der Waals surface area contributed by atoms with Crippen molar-refractivity contribution in [2.75, 3.05) is 19.7 Å². The zero-order valence-electron chi connectivity index (χ0n) is 26.5. The third-order valence-corrected chi connectivity index (χ3v) is 9.54. The number of amides is 1. The molecule has 46 heavy (non-hydrogen) atoms. The van der Waals surface area contributed by atoms with Crippen LogP contribution in [0.4, 0.5) is 4.79 Å². The molecular weight excluding hydrogens is 630 g/mol. The van der Waals surface area contributed by atoms with Gasteiger partial charge in [0.25, 0.3) is 0 Å². The molecule has 1 N–H and O–H groups in total. The Morgan fingerprint density at radius 3 is 2.20 bits per heavy atom. The molecule has 0 spiro atoms. The zero-order chi connectivity index (χ0) is 33.3. The van der Waals surface area contributed by atoms with Crippen LogP contribution in [0.2, 0.25) is 5.02 Å². The molecule has 3 aromatic carbocycles. The summed E-state index contributed by atoms with van der Waals surface area (Å²) in [4.78, 5) is 26.7. The molecule has 1 atom stereocenters. The van der Waals surface area contributed by atoms with E-state index in [-0.39, 0.29) is 35.6 Å². The lowest BCUT2D eigenvalue weighted by Crippen LogP contribution is -2.40. The van der Waals surface area contributed by atoms with Gasteiger partial charge < -0.3 is 24.2 Å². The maximum absolute atomic E-state index is 13.3. The summed E-state index contributed by atoms with van der Waals surface area (Å²) in [5, 5.41) is 11.3. The van der Waals surface area contributed by atoms with E-state index in [1.165, 1.54) is 41.3 Å². The highest BCUT2D eigenvalue weighted by Gasteiger charge is 2.25. The largest absolute Gasteiger partial charge is 0.482 e. The van der Waals surface area contributed by atoms with Crippen molar-refractivity contribution in [1.29, 1.82) is 0 Å². The number of esters is 1. The molecule has 248 valence electrons. The third-order valence-electron chi connectivity index (χ3n) is 7.52. The van der Waals surface area contributed by atoms with E-state index in [1.54, 1.807) is 57.2 Å². The SMILES string of the molecule is CC(C)(C)OC(=O)N(CCc1ccc(S(=O)(=O)c2ccc(OCC(=O)OC3CCCCC3)cc2)cc1)C[C@H](O)c1cccc(Cl)c1. The fourth-order valence-corrected chi connectivity index (χ4v) is 6.57. The van der Waals surface area contributed by atoms with Crippen LogP contribution in [0.5, 0.6) is 5.75 Å². The molecule has 3 aromatic rings. The molecule has 4 rings (SSSR count). The number of nitrogens with zero attached hydrogens (tertiary/aromatic N) is 1. The number of aliphatic hydroxyl groups excluding tert-OH is 1. The number of hydrogen-bond donors (Lipinski definition) is 1. The standard InChI is InChI=1S/C35H42ClNO8S/c1-35(2,3)45-34(40)37(23-32(38)26-8-7-9-27(36)22-26)21-20-25-12-16-30(17-13-25)46(41,42)31-18-14-28(15-19-31)43-24-33(39)44-29-10-5-4-6-11-29/h7-9,12-19,22,29,32,38H,4-6,10-11,20-21,23-24H2,1-3H3/t32-/m0/s1. The molecule has 1 aliphatic rings. The number of sulfone groups is 1. The van der Waals surface area contributed by atoms with E-state index in [9.17, 15) is 23.1 Å². The first-order valence-electron chi connectivity index (χ1n) is 15.5. The first-order valence-corrected chi connectivity index (χ1v) is 17.3. The Morgan fingerprint density at radius 2 is 1.59 bits per heavy atom. The first-order chi connectivity index (χ1) is 21.8. The van der Waals surface area contributed by atoms with Gasteiger partial charge in [-0.3, -0.25) is 0 Å². The van der Waals surface area contributed by atoms with Gasteiger partial charge in [-0.05, 0) is 113 Å². The number of hydrogen-bond acceptors (Lipinski definition) is 8. The molecule has 9 nitrogen and oxygen atoms in total. The van der Waals surface area contributed by atoms with Gasteiger partial charge in [0, 0.05) is 11.6 Å². The summed E-state index contributed by atoms with van der Waals surface area (Å²) < 4.78 is 43.1. The molecule has 1 amide bonds. The predicted octanol–water partition coefficient (Wildman–Crippen LogP) is 6.94. The molecule has 0 aromatic heterocycles. The lowest BCUT2D eigenvalue weighted by molar-refractivity contribution is -0.152. The fourth-order valence-electron chi connectivity index (χ4n) is 5.11. The van der Waals surface area contributed by atoms with E-state index in [4.69, 9.17) is 25.8 Å². The molecule has 11 heteroatoms.